The Morgan fingerprint density at radius 2 is 1.48 bits per heavy atom. The third-order valence-electron chi connectivity index (χ3n) is 5.77. The Hall–Kier alpha value is -2.29. The summed E-state index contributed by atoms with van der Waals surface area (Å²) < 4.78 is 11.3. The van der Waals surface area contributed by atoms with Crippen molar-refractivity contribution in [3.05, 3.63) is 59.7 Å². The lowest BCUT2D eigenvalue weighted by Gasteiger charge is -2.22. The summed E-state index contributed by atoms with van der Waals surface area (Å²) in [5.41, 5.74) is 1.90. The third-order valence-corrected chi connectivity index (χ3v) is 5.77. The van der Waals surface area contributed by atoms with Gasteiger partial charge in [0.05, 0.1) is 12.2 Å². The average molecular weight is 395 g/mol. The molecule has 0 bridgehead atoms. The molecule has 0 heterocycles. The molecule has 0 spiro atoms. The molecule has 0 N–H and O–H groups in total. The Bertz CT molecular complexity index is 728. The lowest BCUT2D eigenvalue weighted by molar-refractivity contribution is 0.0734. The Balaban J connectivity index is 1.45. The van der Waals surface area contributed by atoms with Crippen molar-refractivity contribution in [1.29, 1.82) is 0 Å². The second kappa shape index (κ2) is 11.6. The number of carbonyl (C=O) groups is 1. The molecule has 0 radical (unpaired) electrons. The summed E-state index contributed by atoms with van der Waals surface area (Å²) in [6, 6.07) is 15.3. The molecule has 0 saturated heterocycles. The first-order valence-electron chi connectivity index (χ1n) is 11.3. The van der Waals surface area contributed by atoms with E-state index in [1.807, 2.05) is 24.3 Å². The van der Waals surface area contributed by atoms with E-state index >= 15 is 0 Å². The molecular weight excluding hydrogens is 360 g/mol. The van der Waals surface area contributed by atoms with E-state index in [4.69, 9.17) is 9.47 Å². The summed E-state index contributed by atoms with van der Waals surface area (Å²) in [6.45, 7) is 2.94. The largest absolute Gasteiger partial charge is 0.494 e. The maximum Gasteiger partial charge on any atom is 0.343 e. The topological polar surface area (TPSA) is 35.5 Å². The molecule has 3 heteroatoms. The van der Waals surface area contributed by atoms with E-state index in [1.54, 1.807) is 12.1 Å². The molecule has 1 saturated carbocycles. The highest BCUT2D eigenvalue weighted by Gasteiger charge is 2.16. The fraction of sp³-hybridized carbons (Fsp3) is 0.500. The van der Waals surface area contributed by atoms with Crippen molar-refractivity contribution >= 4 is 5.97 Å². The van der Waals surface area contributed by atoms with Gasteiger partial charge < -0.3 is 9.47 Å². The molecule has 156 valence electrons. The standard InChI is InChI=1S/C26H34O3/c1-2-3-4-5-9-20-28-24-16-14-23(15-17-24)26(27)29-25-18-12-22(13-19-25)21-10-7-6-8-11-21/h12-19,21H,2-11,20H2,1H3. The molecule has 0 amide bonds. The first-order chi connectivity index (χ1) is 14.3. The second-order valence-corrected chi connectivity index (χ2v) is 8.08. The highest BCUT2D eigenvalue weighted by Crippen LogP contribution is 2.33. The van der Waals surface area contributed by atoms with Crippen LogP contribution in [0.4, 0.5) is 0 Å². The number of esters is 1. The van der Waals surface area contributed by atoms with Crippen LogP contribution in [0.3, 0.4) is 0 Å². The van der Waals surface area contributed by atoms with E-state index in [0.29, 0.717) is 17.2 Å². The van der Waals surface area contributed by atoms with Gasteiger partial charge in [0.25, 0.3) is 0 Å². The van der Waals surface area contributed by atoms with Gasteiger partial charge in [-0.25, -0.2) is 4.79 Å². The summed E-state index contributed by atoms with van der Waals surface area (Å²) in [6.07, 6.45) is 12.6. The normalized spacial score (nSPS) is 14.5. The fourth-order valence-electron chi connectivity index (χ4n) is 3.99. The zero-order chi connectivity index (χ0) is 20.3. The number of unbranched alkanes of at least 4 members (excludes halogenated alkanes) is 4. The van der Waals surface area contributed by atoms with Gasteiger partial charge in [0.1, 0.15) is 11.5 Å². The van der Waals surface area contributed by atoms with Gasteiger partial charge in [0, 0.05) is 0 Å². The predicted octanol–water partition coefficient (Wildman–Crippen LogP) is 7.30. The third kappa shape index (κ3) is 6.92. The average Bonchev–Trinajstić information content (AvgIpc) is 2.78. The van der Waals surface area contributed by atoms with Gasteiger partial charge in [0.15, 0.2) is 0 Å². The Morgan fingerprint density at radius 1 is 0.828 bits per heavy atom. The van der Waals surface area contributed by atoms with Gasteiger partial charge in [-0.1, -0.05) is 64.0 Å². The van der Waals surface area contributed by atoms with Gasteiger partial charge in [-0.05, 0) is 67.1 Å². The maximum absolute atomic E-state index is 12.4. The van der Waals surface area contributed by atoms with Crippen LogP contribution in [-0.4, -0.2) is 12.6 Å². The molecular formula is C26H34O3. The van der Waals surface area contributed by atoms with Crippen molar-refractivity contribution in [2.45, 2.75) is 77.0 Å². The molecule has 1 aliphatic carbocycles. The maximum atomic E-state index is 12.4. The molecule has 2 aromatic rings. The van der Waals surface area contributed by atoms with E-state index in [-0.39, 0.29) is 5.97 Å². The summed E-state index contributed by atoms with van der Waals surface area (Å²) in [4.78, 5) is 12.4. The van der Waals surface area contributed by atoms with E-state index in [0.717, 1.165) is 18.8 Å². The van der Waals surface area contributed by atoms with Crippen LogP contribution in [0.2, 0.25) is 0 Å². The van der Waals surface area contributed by atoms with Crippen LogP contribution in [0.15, 0.2) is 48.5 Å². The highest BCUT2D eigenvalue weighted by atomic mass is 16.5. The van der Waals surface area contributed by atoms with Crippen molar-refractivity contribution < 1.29 is 14.3 Å². The van der Waals surface area contributed by atoms with Crippen molar-refractivity contribution in [3.8, 4) is 11.5 Å². The SMILES string of the molecule is CCCCCCCOc1ccc(C(=O)Oc2ccc(C3CCCCC3)cc2)cc1. The van der Waals surface area contributed by atoms with Crippen LogP contribution < -0.4 is 9.47 Å². The lowest BCUT2D eigenvalue weighted by atomic mass is 9.84. The first kappa shape index (κ1) is 21.4. The van der Waals surface area contributed by atoms with Crippen molar-refractivity contribution in [1.82, 2.24) is 0 Å². The molecule has 3 nitrogen and oxygen atoms in total. The first-order valence-corrected chi connectivity index (χ1v) is 11.3. The predicted molar refractivity (Wildman–Crippen MR) is 118 cm³/mol. The Morgan fingerprint density at radius 3 is 2.17 bits per heavy atom. The van der Waals surface area contributed by atoms with Gasteiger partial charge in [-0.15, -0.1) is 0 Å². The minimum Gasteiger partial charge on any atom is -0.494 e. The molecule has 2 aromatic carbocycles. The molecule has 29 heavy (non-hydrogen) atoms. The second-order valence-electron chi connectivity index (χ2n) is 8.08. The van der Waals surface area contributed by atoms with Crippen LogP contribution >= 0.6 is 0 Å². The number of ether oxygens (including phenoxy) is 2. The monoisotopic (exact) mass is 394 g/mol. The van der Waals surface area contributed by atoms with Crippen LogP contribution in [0.1, 0.15) is 93.0 Å². The molecule has 3 rings (SSSR count). The number of hydrogen-bond donors (Lipinski definition) is 0. The Kier molecular flexibility index (Phi) is 8.60. The zero-order valence-corrected chi connectivity index (χ0v) is 17.7. The van der Waals surface area contributed by atoms with Crippen molar-refractivity contribution in [2.24, 2.45) is 0 Å². The lowest BCUT2D eigenvalue weighted by Crippen LogP contribution is -2.09. The minimum atomic E-state index is -0.332. The number of rotatable bonds is 10. The summed E-state index contributed by atoms with van der Waals surface area (Å²) >= 11 is 0. The molecule has 0 aromatic heterocycles. The summed E-state index contributed by atoms with van der Waals surface area (Å²) in [7, 11) is 0. The molecule has 0 unspecified atom stereocenters. The number of carbonyl (C=O) groups excluding carboxylic acids is 1. The van der Waals surface area contributed by atoms with E-state index in [2.05, 4.69) is 19.1 Å². The van der Waals surface area contributed by atoms with E-state index in [1.165, 1.54) is 63.4 Å². The molecule has 1 fully saturated rings. The fourth-order valence-corrected chi connectivity index (χ4v) is 3.99. The summed E-state index contributed by atoms with van der Waals surface area (Å²) in [5.74, 6) is 1.73. The van der Waals surface area contributed by atoms with Crippen LogP contribution in [0, 0.1) is 0 Å². The molecule has 0 aliphatic heterocycles. The van der Waals surface area contributed by atoms with Crippen LogP contribution in [0.25, 0.3) is 0 Å². The van der Waals surface area contributed by atoms with Gasteiger partial charge in [-0.2, -0.15) is 0 Å². The Labute approximate surface area is 175 Å². The van der Waals surface area contributed by atoms with Crippen molar-refractivity contribution in [2.75, 3.05) is 6.61 Å². The van der Waals surface area contributed by atoms with E-state index < -0.39 is 0 Å². The number of benzene rings is 2. The van der Waals surface area contributed by atoms with Crippen molar-refractivity contribution in [3.63, 3.8) is 0 Å². The number of hydrogen-bond acceptors (Lipinski definition) is 3. The quantitative estimate of drug-likeness (QED) is 0.241. The van der Waals surface area contributed by atoms with Gasteiger partial charge in [0.2, 0.25) is 0 Å². The van der Waals surface area contributed by atoms with Gasteiger partial charge >= 0.3 is 5.97 Å². The zero-order valence-electron chi connectivity index (χ0n) is 17.7. The van der Waals surface area contributed by atoms with E-state index in [9.17, 15) is 4.79 Å². The minimum absolute atomic E-state index is 0.332. The molecule has 1 aliphatic rings. The summed E-state index contributed by atoms with van der Waals surface area (Å²) in [5, 5.41) is 0. The van der Waals surface area contributed by atoms with Gasteiger partial charge in [-0.3, -0.25) is 0 Å². The highest BCUT2D eigenvalue weighted by molar-refractivity contribution is 5.91. The smallest absolute Gasteiger partial charge is 0.343 e. The van der Waals surface area contributed by atoms with Crippen LogP contribution in [-0.2, 0) is 0 Å². The molecule has 0 atom stereocenters. The van der Waals surface area contributed by atoms with Crippen LogP contribution in [0.5, 0.6) is 11.5 Å².